The van der Waals surface area contributed by atoms with E-state index in [9.17, 15) is 4.79 Å². The topological polar surface area (TPSA) is 74.0 Å². The van der Waals surface area contributed by atoms with E-state index in [4.69, 9.17) is 18.7 Å². The number of benzene rings is 2. The number of fused-ring (bicyclic) bond motifs is 1. The van der Waals surface area contributed by atoms with Gasteiger partial charge in [-0.1, -0.05) is 5.16 Å². The molecule has 3 aromatic rings. The number of Topliss-reactive ketones (excluding diaryl/α,β-unsaturated/α-hetero) is 1. The minimum atomic E-state index is 0.0112. The SMILES string of the molecule is CCOc1ccc2c(C3CCN(CCCOc4ccc(C(C)=O)cc4OC)CC3)noc2c1. The van der Waals surface area contributed by atoms with Gasteiger partial charge in [-0.15, -0.1) is 0 Å². The van der Waals surface area contributed by atoms with Crippen molar-refractivity contribution < 1.29 is 23.5 Å². The Morgan fingerprint density at radius 1 is 1.12 bits per heavy atom. The summed E-state index contributed by atoms with van der Waals surface area (Å²) in [7, 11) is 1.59. The van der Waals surface area contributed by atoms with Gasteiger partial charge in [0.2, 0.25) is 0 Å². The third kappa shape index (κ3) is 5.47. The quantitative estimate of drug-likeness (QED) is 0.313. The lowest BCUT2D eigenvalue weighted by atomic mass is 9.91. The van der Waals surface area contributed by atoms with E-state index in [0.29, 0.717) is 36.2 Å². The van der Waals surface area contributed by atoms with Crippen LogP contribution in [-0.2, 0) is 0 Å². The van der Waals surface area contributed by atoms with Crippen LogP contribution >= 0.6 is 0 Å². The first kappa shape index (κ1) is 23.1. The third-order valence-electron chi connectivity index (χ3n) is 6.20. The maximum Gasteiger partial charge on any atom is 0.170 e. The number of ether oxygens (including phenoxy) is 3. The van der Waals surface area contributed by atoms with Crippen LogP contribution in [0.4, 0.5) is 0 Å². The summed E-state index contributed by atoms with van der Waals surface area (Å²) >= 11 is 0. The minimum Gasteiger partial charge on any atom is -0.494 e. The zero-order valence-corrected chi connectivity index (χ0v) is 19.6. The highest BCUT2D eigenvalue weighted by molar-refractivity contribution is 5.94. The van der Waals surface area contributed by atoms with Crippen LogP contribution in [0.15, 0.2) is 40.9 Å². The standard InChI is InChI=1S/C26H32N2O5/c1-4-31-21-7-8-22-24(17-21)33-27-26(22)19-10-13-28(14-11-19)12-5-15-32-23-9-6-20(18(2)29)16-25(23)30-3/h6-9,16-17,19H,4-5,10-15H2,1-3H3. The highest BCUT2D eigenvalue weighted by atomic mass is 16.5. The van der Waals surface area contributed by atoms with Crippen molar-refractivity contribution in [2.24, 2.45) is 0 Å². The second-order valence-corrected chi connectivity index (χ2v) is 8.40. The molecule has 33 heavy (non-hydrogen) atoms. The van der Waals surface area contributed by atoms with Crippen molar-refractivity contribution in [3.63, 3.8) is 0 Å². The number of likely N-dealkylation sites (tertiary alicyclic amines) is 1. The number of ketones is 1. The number of methoxy groups -OCH3 is 1. The molecule has 0 saturated carbocycles. The monoisotopic (exact) mass is 452 g/mol. The van der Waals surface area contributed by atoms with Crippen LogP contribution in [0.2, 0.25) is 0 Å². The molecule has 176 valence electrons. The number of carbonyl (C=O) groups excluding carboxylic acids is 1. The third-order valence-corrected chi connectivity index (χ3v) is 6.20. The summed E-state index contributed by atoms with van der Waals surface area (Å²) in [5.41, 5.74) is 2.48. The molecule has 2 aromatic carbocycles. The first-order valence-electron chi connectivity index (χ1n) is 11.6. The van der Waals surface area contributed by atoms with E-state index in [1.165, 1.54) is 0 Å². The van der Waals surface area contributed by atoms with Gasteiger partial charge in [-0.05, 0) is 76.5 Å². The fourth-order valence-electron chi connectivity index (χ4n) is 4.39. The molecule has 1 fully saturated rings. The van der Waals surface area contributed by atoms with Crippen molar-refractivity contribution >= 4 is 16.8 Å². The predicted octanol–water partition coefficient (Wildman–Crippen LogP) is 5.09. The summed E-state index contributed by atoms with van der Waals surface area (Å²) in [5.74, 6) is 2.51. The molecule has 7 heteroatoms. The normalized spacial score (nSPS) is 15.0. The summed E-state index contributed by atoms with van der Waals surface area (Å²) in [6.45, 7) is 7.81. The van der Waals surface area contributed by atoms with E-state index >= 15 is 0 Å². The fraction of sp³-hybridized carbons (Fsp3) is 0.462. The molecule has 4 rings (SSSR count). The van der Waals surface area contributed by atoms with Gasteiger partial charge >= 0.3 is 0 Å². The molecule has 1 aromatic heterocycles. The second kappa shape index (κ2) is 10.7. The Bertz CT molecular complexity index is 1090. The van der Waals surface area contributed by atoms with Gasteiger partial charge in [0, 0.05) is 29.5 Å². The van der Waals surface area contributed by atoms with Crippen molar-refractivity contribution in [3.05, 3.63) is 47.7 Å². The van der Waals surface area contributed by atoms with Gasteiger partial charge in [0.25, 0.3) is 0 Å². The number of piperidine rings is 1. The van der Waals surface area contributed by atoms with Gasteiger partial charge < -0.3 is 23.6 Å². The number of hydrogen-bond acceptors (Lipinski definition) is 7. The largest absolute Gasteiger partial charge is 0.494 e. The molecular weight excluding hydrogens is 420 g/mol. The van der Waals surface area contributed by atoms with E-state index in [2.05, 4.69) is 16.1 Å². The summed E-state index contributed by atoms with van der Waals surface area (Å²) in [4.78, 5) is 14.0. The summed E-state index contributed by atoms with van der Waals surface area (Å²) in [5, 5.41) is 5.48. The molecule has 1 aliphatic rings. The Labute approximate surface area is 194 Å². The smallest absolute Gasteiger partial charge is 0.170 e. The van der Waals surface area contributed by atoms with Gasteiger partial charge in [-0.25, -0.2) is 0 Å². The summed E-state index contributed by atoms with van der Waals surface area (Å²) < 4.78 is 22.4. The highest BCUT2D eigenvalue weighted by Crippen LogP contribution is 2.34. The average Bonchev–Trinajstić information content (AvgIpc) is 3.25. The number of hydrogen-bond donors (Lipinski definition) is 0. The molecule has 0 N–H and O–H groups in total. The number of nitrogens with zero attached hydrogens (tertiary/aromatic N) is 2. The van der Waals surface area contributed by atoms with Gasteiger partial charge in [-0.3, -0.25) is 4.79 Å². The van der Waals surface area contributed by atoms with Crippen molar-refractivity contribution in [2.45, 2.75) is 39.0 Å². The Hall–Kier alpha value is -3.06. The molecule has 0 radical (unpaired) electrons. The Kier molecular flexibility index (Phi) is 7.50. The number of carbonyl (C=O) groups is 1. The number of rotatable bonds is 10. The van der Waals surface area contributed by atoms with Crippen LogP contribution in [0, 0.1) is 0 Å². The maximum absolute atomic E-state index is 11.5. The van der Waals surface area contributed by atoms with Crippen LogP contribution in [0.5, 0.6) is 17.2 Å². The summed E-state index contributed by atoms with van der Waals surface area (Å²) in [6, 6.07) is 11.3. The van der Waals surface area contributed by atoms with Crippen molar-refractivity contribution in [1.82, 2.24) is 10.1 Å². The lowest BCUT2D eigenvalue weighted by Crippen LogP contribution is -2.34. The van der Waals surface area contributed by atoms with Gasteiger partial charge in [0.1, 0.15) is 5.75 Å². The lowest BCUT2D eigenvalue weighted by molar-refractivity contribution is 0.101. The van der Waals surface area contributed by atoms with Crippen LogP contribution in [0.25, 0.3) is 11.0 Å². The Morgan fingerprint density at radius 2 is 1.94 bits per heavy atom. The first-order valence-corrected chi connectivity index (χ1v) is 11.6. The van der Waals surface area contributed by atoms with Crippen molar-refractivity contribution in [1.29, 1.82) is 0 Å². The van der Waals surface area contributed by atoms with E-state index in [-0.39, 0.29) is 5.78 Å². The van der Waals surface area contributed by atoms with E-state index in [1.54, 1.807) is 32.2 Å². The second-order valence-electron chi connectivity index (χ2n) is 8.40. The molecule has 0 amide bonds. The summed E-state index contributed by atoms with van der Waals surface area (Å²) in [6.07, 6.45) is 3.06. The fourth-order valence-corrected chi connectivity index (χ4v) is 4.39. The Balaban J connectivity index is 1.24. The first-order chi connectivity index (χ1) is 16.1. The van der Waals surface area contributed by atoms with Gasteiger partial charge in [0.15, 0.2) is 22.9 Å². The molecular formula is C26H32N2O5. The van der Waals surface area contributed by atoms with Gasteiger partial charge in [-0.2, -0.15) is 0 Å². The maximum atomic E-state index is 11.5. The zero-order valence-electron chi connectivity index (χ0n) is 19.6. The van der Waals surface area contributed by atoms with E-state index in [1.807, 2.05) is 19.1 Å². The van der Waals surface area contributed by atoms with Crippen LogP contribution in [0.3, 0.4) is 0 Å². The van der Waals surface area contributed by atoms with Crippen LogP contribution < -0.4 is 14.2 Å². The van der Waals surface area contributed by atoms with Crippen molar-refractivity contribution in [2.75, 3.05) is 40.0 Å². The minimum absolute atomic E-state index is 0.0112. The Morgan fingerprint density at radius 3 is 2.67 bits per heavy atom. The molecule has 0 atom stereocenters. The molecule has 0 spiro atoms. The zero-order chi connectivity index (χ0) is 23.2. The molecule has 1 saturated heterocycles. The highest BCUT2D eigenvalue weighted by Gasteiger charge is 2.25. The van der Waals surface area contributed by atoms with Gasteiger partial charge in [0.05, 0.1) is 26.0 Å². The average molecular weight is 453 g/mol. The van der Waals surface area contributed by atoms with E-state index in [0.717, 1.165) is 61.3 Å². The molecule has 7 nitrogen and oxygen atoms in total. The molecule has 2 heterocycles. The van der Waals surface area contributed by atoms with Crippen LogP contribution in [-0.4, -0.2) is 55.8 Å². The molecule has 0 aliphatic carbocycles. The number of aromatic nitrogens is 1. The predicted molar refractivity (Wildman–Crippen MR) is 127 cm³/mol. The molecule has 0 unspecified atom stereocenters. The van der Waals surface area contributed by atoms with E-state index < -0.39 is 0 Å². The van der Waals surface area contributed by atoms with Crippen molar-refractivity contribution in [3.8, 4) is 17.2 Å². The lowest BCUT2D eigenvalue weighted by Gasteiger charge is -2.31. The molecule has 0 bridgehead atoms. The molecule has 1 aliphatic heterocycles. The van der Waals surface area contributed by atoms with Crippen LogP contribution in [0.1, 0.15) is 55.1 Å².